The fraction of sp³-hybridized carbons (Fsp3) is 0.261. The topological polar surface area (TPSA) is 75.6 Å². The van der Waals surface area contributed by atoms with Crippen LogP contribution in [0.25, 0.3) is 11.0 Å². The lowest BCUT2D eigenvalue weighted by atomic mass is 10.1. The predicted octanol–water partition coefficient (Wildman–Crippen LogP) is 3.79. The van der Waals surface area contributed by atoms with Crippen molar-refractivity contribution in [2.75, 3.05) is 6.54 Å². The molecule has 0 saturated carbocycles. The Morgan fingerprint density at radius 2 is 1.83 bits per heavy atom. The smallest absolute Gasteiger partial charge is 0.255 e. The van der Waals surface area contributed by atoms with Crippen molar-refractivity contribution in [3.63, 3.8) is 0 Å². The first kappa shape index (κ1) is 18.9. The van der Waals surface area contributed by atoms with Gasteiger partial charge in [0, 0.05) is 18.7 Å². The van der Waals surface area contributed by atoms with Gasteiger partial charge in [-0.05, 0) is 38.0 Å². The first-order chi connectivity index (χ1) is 14.1. The summed E-state index contributed by atoms with van der Waals surface area (Å²) >= 11 is 0. The minimum Gasteiger partial charge on any atom is -0.352 e. The van der Waals surface area contributed by atoms with Crippen molar-refractivity contribution in [1.82, 2.24) is 25.1 Å². The van der Waals surface area contributed by atoms with Crippen molar-refractivity contribution >= 4 is 16.9 Å². The van der Waals surface area contributed by atoms with E-state index in [1.807, 2.05) is 61.0 Å². The summed E-state index contributed by atoms with van der Waals surface area (Å²) in [7, 11) is 0. The maximum Gasteiger partial charge on any atom is 0.255 e. The van der Waals surface area contributed by atoms with Gasteiger partial charge in [-0.2, -0.15) is 5.10 Å². The lowest BCUT2D eigenvalue weighted by molar-refractivity contribution is 0.0952. The van der Waals surface area contributed by atoms with Crippen molar-refractivity contribution in [1.29, 1.82) is 0 Å². The molecular weight excluding hydrogens is 362 g/mol. The molecule has 2 N–H and O–H groups in total. The zero-order chi connectivity index (χ0) is 20.2. The number of hydrogen-bond acceptors (Lipinski definition) is 3. The van der Waals surface area contributed by atoms with E-state index in [0.717, 1.165) is 46.7 Å². The molecule has 4 rings (SSSR count). The summed E-state index contributed by atoms with van der Waals surface area (Å²) in [6.45, 7) is 5.09. The Hall–Kier alpha value is -3.41. The maximum atomic E-state index is 12.7. The van der Waals surface area contributed by atoms with Crippen LogP contribution in [0.1, 0.15) is 39.6 Å². The number of aromatic amines is 1. The zero-order valence-electron chi connectivity index (χ0n) is 16.8. The molecule has 6 heteroatoms. The molecule has 1 amide bonds. The Labute approximate surface area is 170 Å². The van der Waals surface area contributed by atoms with Gasteiger partial charge in [0.2, 0.25) is 0 Å². The Bertz CT molecular complexity index is 1090. The standard InChI is InChI=1S/C23H25N5O/c1-16-22(17(2)28(27-16)15-18-9-4-3-5-10-18)23(29)24-14-8-13-21-25-19-11-6-7-12-20(19)26-21/h3-7,9-12H,8,13-15H2,1-2H3,(H,24,29)(H,25,26). The van der Waals surface area contributed by atoms with Crippen LogP contribution < -0.4 is 5.32 Å². The van der Waals surface area contributed by atoms with Crippen LogP contribution in [-0.2, 0) is 13.0 Å². The zero-order valence-corrected chi connectivity index (χ0v) is 16.8. The number of carbonyl (C=O) groups is 1. The van der Waals surface area contributed by atoms with Crippen molar-refractivity contribution < 1.29 is 4.79 Å². The van der Waals surface area contributed by atoms with Crippen LogP contribution in [0, 0.1) is 13.8 Å². The molecule has 0 aliphatic rings. The molecule has 0 radical (unpaired) electrons. The highest BCUT2D eigenvalue weighted by Gasteiger charge is 2.18. The van der Waals surface area contributed by atoms with Crippen molar-refractivity contribution in [3.8, 4) is 0 Å². The first-order valence-corrected chi connectivity index (χ1v) is 9.91. The molecule has 0 fully saturated rings. The molecule has 148 valence electrons. The van der Waals surface area contributed by atoms with E-state index < -0.39 is 0 Å². The number of H-pyrrole nitrogens is 1. The van der Waals surface area contributed by atoms with E-state index in [2.05, 4.69) is 32.5 Å². The van der Waals surface area contributed by atoms with Crippen LogP contribution in [0.15, 0.2) is 54.6 Å². The van der Waals surface area contributed by atoms with Crippen molar-refractivity contribution in [3.05, 3.63) is 82.9 Å². The quantitative estimate of drug-likeness (QED) is 0.474. The molecule has 0 aliphatic carbocycles. The van der Waals surface area contributed by atoms with E-state index in [1.54, 1.807) is 0 Å². The Morgan fingerprint density at radius 1 is 1.07 bits per heavy atom. The normalized spacial score (nSPS) is 11.1. The van der Waals surface area contributed by atoms with Crippen molar-refractivity contribution in [2.24, 2.45) is 0 Å². The Morgan fingerprint density at radius 3 is 2.62 bits per heavy atom. The number of aryl methyl sites for hydroxylation is 2. The minimum absolute atomic E-state index is 0.0658. The summed E-state index contributed by atoms with van der Waals surface area (Å²) in [5.41, 5.74) is 5.50. The number of carbonyl (C=O) groups excluding carboxylic acids is 1. The molecule has 0 unspecified atom stereocenters. The summed E-state index contributed by atoms with van der Waals surface area (Å²) in [4.78, 5) is 20.6. The van der Waals surface area contributed by atoms with Gasteiger partial charge in [-0.25, -0.2) is 4.98 Å². The SMILES string of the molecule is Cc1nn(Cc2ccccc2)c(C)c1C(=O)NCCCc1nc2ccccc2[nH]1. The number of benzene rings is 2. The summed E-state index contributed by atoms with van der Waals surface area (Å²) in [5, 5.41) is 7.60. The lowest BCUT2D eigenvalue weighted by Crippen LogP contribution is -2.26. The van der Waals surface area contributed by atoms with Crippen LogP contribution in [0.2, 0.25) is 0 Å². The summed E-state index contributed by atoms with van der Waals surface area (Å²) in [6.07, 6.45) is 1.61. The molecule has 6 nitrogen and oxygen atoms in total. The number of hydrogen-bond donors (Lipinski definition) is 2. The summed E-state index contributed by atoms with van der Waals surface area (Å²) in [6, 6.07) is 18.1. The highest BCUT2D eigenvalue weighted by molar-refractivity contribution is 5.96. The van der Waals surface area contributed by atoms with Crippen LogP contribution in [0.3, 0.4) is 0 Å². The molecule has 2 heterocycles. The monoisotopic (exact) mass is 387 g/mol. The fourth-order valence-electron chi connectivity index (χ4n) is 3.61. The predicted molar refractivity (Wildman–Crippen MR) is 114 cm³/mol. The number of rotatable bonds is 7. The van der Waals surface area contributed by atoms with E-state index in [9.17, 15) is 4.79 Å². The second-order valence-corrected chi connectivity index (χ2v) is 7.25. The number of aromatic nitrogens is 4. The van der Waals surface area contributed by atoms with Gasteiger partial charge in [0.1, 0.15) is 5.82 Å². The Balaban J connectivity index is 1.34. The van der Waals surface area contributed by atoms with Crippen molar-refractivity contribution in [2.45, 2.75) is 33.2 Å². The van der Waals surface area contributed by atoms with Crippen LogP contribution >= 0.6 is 0 Å². The second kappa shape index (κ2) is 8.31. The number of nitrogens with zero attached hydrogens (tertiary/aromatic N) is 3. The molecule has 0 saturated heterocycles. The summed E-state index contributed by atoms with van der Waals surface area (Å²) < 4.78 is 1.90. The third kappa shape index (κ3) is 4.21. The van der Waals surface area contributed by atoms with Gasteiger partial charge < -0.3 is 10.3 Å². The average molecular weight is 387 g/mol. The molecule has 0 spiro atoms. The minimum atomic E-state index is -0.0658. The number of para-hydroxylation sites is 2. The van der Waals surface area contributed by atoms with E-state index in [0.29, 0.717) is 18.7 Å². The van der Waals surface area contributed by atoms with Gasteiger partial charge in [0.15, 0.2) is 0 Å². The second-order valence-electron chi connectivity index (χ2n) is 7.25. The number of fused-ring (bicyclic) bond motifs is 1. The lowest BCUT2D eigenvalue weighted by Gasteiger charge is -2.07. The van der Waals surface area contributed by atoms with Gasteiger partial charge >= 0.3 is 0 Å². The van der Waals surface area contributed by atoms with Crippen LogP contribution in [-0.4, -0.2) is 32.2 Å². The number of nitrogens with one attached hydrogen (secondary N) is 2. The van der Waals surface area contributed by atoms with Gasteiger partial charge in [-0.1, -0.05) is 42.5 Å². The molecule has 4 aromatic rings. The van der Waals surface area contributed by atoms with E-state index in [1.165, 1.54) is 0 Å². The van der Waals surface area contributed by atoms with Gasteiger partial charge in [0.05, 0.1) is 28.8 Å². The van der Waals surface area contributed by atoms with Gasteiger partial charge in [0.25, 0.3) is 5.91 Å². The van der Waals surface area contributed by atoms with Gasteiger partial charge in [-0.15, -0.1) is 0 Å². The van der Waals surface area contributed by atoms with E-state index >= 15 is 0 Å². The highest BCUT2D eigenvalue weighted by Crippen LogP contribution is 2.15. The molecule has 2 aromatic heterocycles. The summed E-state index contributed by atoms with van der Waals surface area (Å²) in [5.74, 6) is 0.882. The third-order valence-electron chi connectivity index (χ3n) is 5.10. The fourth-order valence-corrected chi connectivity index (χ4v) is 3.61. The number of amides is 1. The molecule has 29 heavy (non-hydrogen) atoms. The third-order valence-corrected chi connectivity index (χ3v) is 5.10. The highest BCUT2D eigenvalue weighted by atomic mass is 16.1. The van der Waals surface area contributed by atoms with Crippen LogP contribution in [0.5, 0.6) is 0 Å². The Kier molecular flexibility index (Phi) is 5.42. The molecule has 0 bridgehead atoms. The largest absolute Gasteiger partial charge is 0.352 e. The number of imidazole rings is 1. The molecule has 0 atom stereocenters. The maximum absolute atomic E-state index is 12.7. The molecule has 2 aromatic carbocycles. The van der Waals surface area contributed by atoms with E-state index in [4.69, 9.17) is 0 Å². The first-order valence-electron chi connectivity index (χ1n) is 9.91. The van der Waals surface area contributed by atoms with Crippen LogP contribution in [0.4, 0.5) is 0 Å². The molecule has 0 aliphatic heterocycles. The average Bonchev–Trinajstić information content (AvgIpc) is 3.26. The van der Waals surface area contributed by atoms with E-state index in [-0.39, 0.29) is 5.91 Å². The molecular formula is C23H25N5O. The van der Waals surface area contributed by atoms with Gasteiger partial charge in [-0.3, -0.25) is 9.48 Å².